The second kappa shape index (κ2) is 3.45. The highest BCUT2D eigenvalue weighted by atomic mass is 16.5. The standard InChI is InChI=1S/C11H14N4O/c1-7-5-8(12)10-13-14-11(15(10)6-7)9-3-2-4-16-9/h5-6,9H,2-4,12H2,1H3. The summed E-state index contributed by atoms with van der Waals surface area (Å²) in [6, 6.07) is 1.91. The first-order valence-electron chi connectivity index (χ1n) is 5.48. The normalized spacial score (nSPS) is 20.7. The predicted octanol–water partition coefficient (Wildman–Crippen LogP) is 1.47. The van der Waals surface area contributed by atoms with Crippen molar-refractivity contribution in [2.24, 2.45) is 0 Å². The van der Waals surface area contributed by atoms with Crippen LogP contribution < -0.4 is 5.73 Å². The van der Waals surface area contributed by atoms with Crippen LogP contribution in [-0.2, 0) is 4.74 Å². The van der Waals surface area contributed by atoms with Crippen molar-refractivity contribution in [1.29, 1.82) is 0 Å². The maximum absolute atomic E-state index is 5.90. The average molecular weight is 218 g/mol. The lowest BCUT2D eigenvalue weighted by atomic mass is 10.2. The Morgan fingerprint density at radius 3 is 3.12 bits per heavy atom. The van der Waals surface area contributed by atoms with Gasteiger partial charge in [0.1, 0.15) is 6.10 Å². The van der Waals surface area contributed by atoms with Crippen LogP contribution in [0.25, 0.3) is 5.65 Å². The minimum Gasteiger partial charge on any atom is -0.396 e. The molecule has 1 fully saturated rings. The fourth-order valence-electron chi connectivity index (χ4n) is 2.18. The molecule has 2 aromatic heterocycles. The Labute approximate surface area is 93.2 Å². The van der Waals surface area contributed by atoms with E-state index in [4.69, 9.17) is 10.5 Å². The van der Waals surface area contributed by atoms with Gasteiger partial charge in [0.2, 0.25) is 0 Å². The summed E-state index contributed by atoms with van der Waals surface area (Å²) in [6.07, 6.45) is 4.16. The molecule has 3 heterocycles. The van der Waals surface area contributed by atoms with Gasteiger partial charge in [0.05, 0.1) is 5.69 Å². The number of nitrogens with zero attached hydrogens (tertiary/aromatic N) is 3. The number of rotatable bonds is 1. The van der Waals surface area contributed by atoms with Gasteiger partial charge in [-0.2, -0.15) is 0 Å². The lowest BCUT2D eigenvalue weighted by Gasteiger charge is -2.08. The molecule has 5 heteroatoms. The summed E-state index contributed by atoms with van der Waals surface area (Å²) in [5.41, 5.74) is 8.39. The summed E-state index contributed by atoms with van der Waals surface area (Å²) in [4.78, 5) is 0. The first-order chi connectivity index (χ1) is 7.75. The molecule has 0 saturated carbocycles. The van der Waals surface area contributed by atoms with Gasteiger partial charge < -0.3 is 10.5 Å². The molecule has 0 amide bonds. The smallest absolute Gasteiger partial charge is 0.184 e. The molecule has 0 aliphatic carbocycles. The molecule has 1 aliphatic rings. The van der Waals surface area contributed by atoms with Gasteiger partial charge in [-0.1, -0.05) is 0 Å². The molecule has 16 heavy (non-hydrogen) atoms. The summed E-state index contributed by atoms with van der Waals surface area (Å²) in [6.45, 7) is 2.82. The predicted molar refractivity (Wildman–Crippen MR) is 60.1 cm³/mol. The number of hydrogen-bond acceptors (Lipinski definition) is 4. The molecule has 0 spiro atoms. The van der Waals surface area contributed by atoms with E-state index in [-0.39, 0.29) is 6.10 Å². The van der Waals surface area contributed by atoms with Gasteiger partial charge in [0.25, 0.3) is 0 Å². The number of anilines is 1. The van der Waals surface area contributed by atoms with Crippen LogP contribution in [0.2, 0.25) is 0 Å². The van der Waals surface area contributed by atoms with Gasteiger partial charge in [-0.3, -0.25) is 4.40 Å². The van der Waals surface area contributed by atoms with Crippen molar-refractivity contribution in [2.75, 3.05) is 12.3 Å². The van der Waals surface area contributed by atoms with E-state index >= 15 is 0 Å². The van der Waals surface area contributed by atoms with Gasteiger partial charge in [-0.05, 0) is 31.4 Å². The van der Waals surface area contributed by atoms with Crippen LogP contribution >= 0.6 is 0 Å². The fraction of sp³-hybridized carbons (Fsp3) is 0.455. The van der Waals surface area contributed by atoms with E-state index in [0.717, 1.165) is 36.5 Å². The molecular formula is C11H14N4O. The van der Waals surface area contributed by atoms with Crippen molar-refractivity contribution >= 4 is 11.3 Å². The van der Waals surface area contributed by atoms with E-state index in [1.807, 2.05) is 23.6 Å². The first-order valence-corrected chi connectivity index (χ1v) is 5.48. The number of aromatic nitrogens is 3. The Morgan fingerprint density at radius 2 is 2.38 bits per heavy atom. The van der Waals surface area contributed by atoms with Crippen LogP contribution in [0.3, 0.4) is 0 Å². The Balaban J connectivity index is 2.18. The number of pyridine rings is 1. The number of aryl methyl sites for hydroxylation is 1. The van der Waals surface area contributed by atoms with E-state index in [2.05, 4.69) is 10.2 Å². The largest absolute Gasteiger partial charge is 0.396 e. The Morgan fingerprint density at radius 1 is 1.50 bits per heavy atom. The van der Waals surface area contributed by atoms with Crippen molar-refractivity contribution in [3.63, 3.8) is 0 Å². The molecule has 3 rings (SSSR count). The highest BCUT2D eigenvalue weighted by Crippen LogP contribution is 2.28. The zero-order chi connectivity index (χ0) is 11.1. The lowest BCUT2D eigenvalue weighted by Crippen LogP contribution is -2.03. The fourth-order valence-corrected chi connectivity index (χ4v) is 2.18. The van der Waals surface area contributed by atoms with E-state index in [1.54, 1.807) is 0 Å². The third-order valence-corrected chi connectivity index (χ3v) is 2.91. The van der Waals surface area contributed by atoms with Gasteiger partial charge >= 0.3 is 0 Å². The summed E-state index contributed by atoms with van der Waals surface area (Å²) < 4.78 is 7.57. The minimum absolute atomic E-state index is 0.0659. The lowest BCUT2D eigenvalue weighted by molar-refractivity contribution is 0.104. The molecule has 5 nitrogen and oxygen atoms in total. The second-order valence-corrected chi connectivity index (χ2v) is 4.23. The molecule has 1 unspecified atom stereocenters. The third-order valence-electron chi connectivity index (χ3n) is 2.91. The summed E-state index contributed by atoms with van der Waals surface area (Å²) >= 11 is 0. The molecule has 2 N–H and O–H groups in total. The van der Waals surface area contributed by atoms with Crippen LogP contribution in [0.15, 0.2) is 12.3 Å². The maximum atomic E-state index is 5.90. The van der Waals surface area contributed by atoms with E-state index in [0.29, 0.717) is 5.69 Å². The highest BCUT2D eigenvalue weighted by molar-refractivity contribution is 5.65. The number of nitrogen functional groups attached to an aromatic ring is 1. The molecule has 1 atom stereocenters. The zero-order valence-corrected chi connectivity index (χ0v) is 9.18. The molecule has 1 aliphatic heterocycles. The van der Waals surface area contributed by atoms with Crippen LogP contribution in [-0.4, -0.2) is 21.2 Å². The average Bonchev–Trinajstić information content (AvgIpc) is 2.83. The van der Waals surface area contributed by atoms with Crippen LogP contribution in [0.1, 0.15) is 30.3 Å². The summed E-state index contributed by atoms with van der Waals surface area (Å²) in [5.74, 6) is 0.864. The molecule has 1 saturated heterocycles. The minimum atomic E-state index is 0.0659. The first kappa shape index (κ1) is 9.59. The SMILES string of the molecule is Cc1cc(N)c2nnc(C3CCCO3)n2c1. The van der Waals surface area contributed by atoms with E-state index in [1.165, 1.54) is 0 Å². The van der Waals surface area contributed by atoms with Crippen LogP contribution in [0.4, 0.5) is 5.69 Å². The van der Waals surface area contributed by atoms with Crippen molar-refractivity contribution in [3.8, 4) is 0 Å². The quantitative estimate of drug-likeness (QED) is 0.787. The zero-order valence-electron chi connectivity index (χ0n) is 9.18. The summed E-state index contributed by atoms with van der Waals surface area (Å²) in [5, 5.41) is 8.30. The maximum Gasteiger partial charge on any atom is 0.184 e. The molecule has 84 valence electrons. The molecular weight excluding hydrogens is 204 g/mol. The Bertz CT molecular complexity index is 528. The van der Waals surface area contributed by atoms with Gasteiger partial charge in [-0.15, -0.1) is 10.2 Å². The Kier molecular flexibility index (Phi) is 2.07. The molecule has 2 aromatic rings. The van der Waals surface area contributed by atoms with E-state index in [9.17, 15) is 0 Å². The Hall–Kier alpha value is -1.62. The van der Waals surface area contributed by atoms with Crippen molar-refractivity contribution in [3.05, 3.63) is 23.7 Å². The van der Waals surface area contributed by atoms with Gasteiger partial charge in [0.15, 0.2) is 11.5 Å². The molecule has 0 aromatic carbocycles. The second-order valence-electron chi connectivity index (χ2n) is 4.23. The number of ether oxygens (including phenoxy) is 1. The molecule has 0 radical (unpaired) electrons. The highest BCUT2D eigenvalue weighted by Gasteiger charge is 2.23. The third kappa shape index (κ3) is 1.36. The van der Waals surface area contributed by atoms with Crippen molar-refractivity contribution < 1.29 is 4.74 Å². The topological polar surface area (TPSA) is 65.4 Å². The number of fused-ring (bicyclic) bond motifs is 1. The van der Waals surface area contributed by atoms with E-state index < -0.39 is 0 Å². The monoisotopic (exact) mass is 218 g/mol. The number of nitrogens with two attached hydrogens (primary N) is 1. The number of hydrogen-bond donors (Lipinski definition) is 1. The summed E-state index contributed by atoms with van der Waals surface area (Å²) in [7, 11) is 0. The van der Waals surface area contributed by atoms with Crippen molar-refractivity contribution in [1.82, 2.24) is 14.6 Å². The molecule has 0 bridgehead atoms. The van der Waals surface area contributed by atoms with Crippen LogP contribution in [0, 0.1) is 6.92 Å². The van der Waals surface area contributed by atoms with Crippen molar-refractivity contribution in [2.45, 2.75) is 25.9 Å². The van der Waals surface area contributed by atoms with Crippen LogP contribution in [0.5, 0.6) is 0 Å². The van der Waals surface area contributed by atoms with Gasteiger partial charge in [0, 0.05) is 12.8 Å². The van der Waals surface area contributed by atoms with Gasteiger partial charge in [-0.25, -0.2) is 0 Å².